The Balaban J connectivity index is 2.49. The van der Waals surface area contributed by atoms with Crippen LogP contribution in [0, 0.1) is 5.92 Å². The maximum absolute atomic E-state index is 6.14. The minimum atomic E-state index is 0.223. The lowest BCUT2D eigenvalue weighted by Crippen LogP contribution is -2.25. The number of hydrogen-bond acceptors (Lipinski definition) is 1. The van der Waals surface area contributed by atoms with Crippen LogP contribution in [-0.2, 0) is 6.42 Å². The fourth-order valence-corrected chi connectivity index (χ4v) is 2.59. The van der Waals surface area contributed by atoms with Gasteiger partial charge in [0.2, 0.25) is 0 Å². The molecule has 2 rings (SSSR count). The molecule has 0 amide bonds. The summed E-state index contributed by atoms with van der Waals surface area (Å²) >= 11 is 3.57. The summed E-state index contributed by atoms with van der Waals surface area (Å²) in [7, 11) is 0. The van der Waals surface area contributed by atoms with E-state index in [4.69, 9.17) is 5.73 Å². The standard InChI is InChI=1S/C11H14BrN/c1-7-5-6-8-9(11(7)13)3-2-4-10(8)12/h2-4,7,11H,5-6,13H2,1H3. The lowest BCUT2D eigenvalue weighted by Gasteiger charge is -2.28. The average Bonchev–Trinajstić information content (AvgIpc) is 2.12. The van der Waals surface area contributed by atoms with Gasteiger partial charge in [0.1, 0.15) is 0 Å². The zero-order valence-electron chi connectivity index (χ0n) is 7.76. The van der Waals surface area contributed by atoms with Gasteiger partial charge in [-0.15, -0.1) is 0 Å². The first-order valence-corrected chi connectivity index (χ1v) is 5.52. The lowest BCUT2D eigenvalue weighted by molar-refractivity contribution is 0.411. The topological polar surface area (TPSA) is 26.0 Å². The van der Waals surface area contributed by atoms with E-state index in [2.05, 4.69) is 41.1 Å². The van der Waals surface area contributed by atoms with Crippen molar-refractivity contribution in [3.05, 3.63) is 33.8 Å². The van der Waals surface area contributed by atoms with Crippen LogP contribution in [0.1, 0.15) is 30.5 Å². The first-order chi connectivity index (χ1) is 6.20. The number of rotatable bonds is 0. The molecule has 2 heteroatoms. The highest BCUT2D eigenvalue weighted by molar-refractivity contribution is 9.10. The van der Waals surface area contributed by atoms with Crippen LogP contribution >= 0.6 is 15.9 Å². The number of fused-ring (bicyclic) bond motifs is 1. The SMILES string of the molecule is CC1CCc2c(Br)cccc2C1N. The molecule has 0 saturated carbocycles. The van der Waals surface area contributed by atoms with Crippen LogP contribution < -0.4 is 5.73 Å². The van der Waals surface area contributed by atoms with Gasteiger partial charge >= 0.3 is 0 Å². The van der Waals surface area contributed by atoms with Crippen molar-refractivity contribution in [1.29, 1.82) is 0 Å². The molecule has 70 valence electrons. The maximum Gasteiger partial charge on any atom is 0.0324 e. The molecular weight excluding hydrogens is 226 g/mol. The fourth-order valence-electron chi connectivity index (χ4n) is 2.01. The van der Waals surface area contributed by atoms with Crippen molar-refractivity contribution in [2.45, 2.75) is 25.8 Å². The van der Waals surface area contributed by atoms with Crippen LogP contribution in [0.2, 0.25) is 0 Å². The van der Waals surface area contributed by atoms with Crippen LogP contribution in [-0.4, -0.2) is 0 Å². The van der Waals surface area contributed by atoms with Gasteiger partial charge in [-0.2, -0.15) is 0 Å². The van der Waals surface area contributed by atoms with Crippen molar-refractivity contribution in [2.75, 3.05) is 0 Å². The van der Waals surface area contributed by atoms with Gasteiger partial charge in [-0.05, 0) is 36.0 Å². The van der Waals surface area contributed by atoms with E-state index < -0.39 is 0 Å². The largest absolute Gasteiger partial charge is 0.324 e. The van der Waals surface area contributed by atoms with E-state index in [9.17, 15) is 0 Å². The third kappa shape index (κ3) is 1.53. The van der Waals surface area contributed by atoms with Crippen molar-refractivity contribution >= 4 is 15.9 Å². The minimum Gasteiger partial charge on any atom is -0.324 e. The Kier molecular flexibility index (Phi) is 2.43. The van der Waals surface area contributed by atoms with E-state index >= 15 is 0 Å². The number of halogens is 1. The Morgan fingerprint density at radius 2 is 2.23 bits per heavy atom. The first-order valence-electron chi connectivity index (χ1n) is 4.73. The van der Waals surface area contributed by atoms with Crippen LogP contribution in [0.15, 0.2) is 22.7 Å². The Morgan fingerprint density at radius 3 is 3.00 bits per heavy atom. The van der Waals surface area contributed by atoms with Crippen molar-refractivity contribution in [1.82, 2.24) is 0 Å². The second kappa shape index (κ2) is 3.43. The number of hydrogen-bond donors (Lipinski definition) is 1. The second-order valence-corrected chi connectivity index (χ2v) is 4.70. The maximum atomic E-state index is 6.14. The highest BCUT2D eigenvalue weighted by Crippen LogP contribution is 2.35. The molecule has 0 bridgehead atoms. The van der Waals surface area contributed by atoms with E-state index in [-0.39, 0.29) is 6.04 Å². The van der Waals surface area contributed by atoms with Gasteiger partial charge in [0.15, 0.2) is 0 Å². The van der Waals surface area contributed by atoms with Gasteiger partial charge in [-0.25, -0.2) is 0 Å². The fraction of sp³-hybridized carbons (Fsp3) is 0.455. The molecule has 2 atom stereocenters. The van der Waals surface area contributed by atoms with Gasteiger partial charge < -0.3 is 5.73 Å². The van der Waals surface area contributed by atoms with E-state index in [0.717, 1.165) is 6.42 Å². The molecule has 0 aliphatic heterocycles. The van der Waals surface area contributed by atoms with E-state index in [0.29, 0.717) is 5.92 Å². The second-order valence-electron chi connectivity index (χ2n) is 3.85. The predicted molar refractivity (Wildman–Crippen MR) is 58.6 cm³/mol. The molecular formula is C11H14BrN. The molecule has 0 spiro atoms. The molecule has 0 saturated heterocycles. The van der Waals surface area contributed by atoms with Crippen LogP contribution in [0.4, 0.5) is 0 Å². The molecule has 1 nitrogen and oxygen atoms in total. The summed E-state index contributed by atoms with van der Waals surface area (Å²) in [5.74, 6) is 0.613. The zero-order valence-corrected chi connectivity index (χ0v) is 9.34. The summed E-state index contributed by atoms with van der Waals surface area (Å²) < 4.78 is 1.22. The third-order valence-corrected chi connectivity index (χ3v) is 3.72. The van der Waals surface area contributed by atoms with E-state index in [1.165, 1.54) is 22.0 Å². The summed E-state index contributed by atoms with van der Waals surface area (Å²) in [6.45, 7) is 2.23. The first kappa shape index (κ1) is 9.22. The highest BCUT2D eigenvalue weighted by Gasteiger charge is 2.23. The summed E-state index contributed by atoms with van der Waals surface area (Å²) in [6, 6.07) is 6.55. The molecule has 0 heterocycles. The third-order valence-electron chi connectivity index (χ3n) is 2.98. The normalized spacial score (nSPS) is 27.0. The van der Waals surface area contributed by atoms with Gasteiger partial charge in [-0.3, -0.25) is 0 Å². The lowest BCUT2D eigenvalue weighted by atomic mass is 9.81. The van der Waals surface area contributed by atoms with Crippen molar-refractivity contribution < 1.29 is 0 Å². The molecule has 2 N–H and O–H groups in total. The van der Waals surface area contributed by atoms with E-state index in [1.807, 2.05) is 0 Å². The van der Waals surface area contributed by atoms with Crippen molar-refractivity contribution in [2.24, 2.45) is 11.7 Å². The Morgan fingerprint density at radius 1 is 1.46 bits per heavy atom. The molecule has 1 aromatic rings. The molecule has 13 heavy (non-hydrogen) atoms. The summed E-state index contributed by atoms with van der Waals surface area (Å²) in [5, 5.41) is 0. The molecule has 0 aromatic heterocycles. The quantitative estimate of drug-likeness (QED) is 0.741. The zero-order chi connectivity index (χ0) is 9.42. The molecule has 1 aliphatic rings. The number of nitrogens with two attached hydrogens (primary N) is 1. The molecule has 0 fully saturated rings. The Hall–Kier alpha value is -0.340. The summed E-state index contributed by atoms with van der Waals surface area (Å²) in [4.78, 5) is 0. The van der Waals surface area contributed by atoms with Gasteiger partial charge in [0.25, 0.3) is 0 Å². The van der Waals surface area contributed by atoms with Crippen LogP contribution in [0.3, 0.4) is 0 Å². The van der Waals surface area contributed by atoms with Gasteiger partial charge in [0, 0.05) is 10.5 Å². The van der Waals surface area contributed by atoms with Crippen molar-refractivity contribution in [3.8, 4) is 0 Å². The molecule has 1 aliphatic carbocycles. The van der Waals surface area contributed by atoms with E-state index in [1.54, 1.807) is 0 Å². The minimum absolute atomic E-state index is 0.223. The molecule has 2 unspecified atom stereocenters. The van der Waals surface area contributed by atoms with Crippen molar-refractivity contribution in [3.63, 3.8) is 0 Å². The smallest absolute Gasteiger partial charge is 0.0324 e. The van der Waals surface area contributed by atoms with Crippen LogP contribution in [0.5, 0.6) is 0 Å². The summed E-state index contributed by atoms with van der Waals surface area (Å²) in [6.07, 6.45) is 2.36. The van der Waals surface area contributed by atoms with Gasteiger partial charge in [0.05, 0.1) is 0 Å². The van der Waals surface area contributed by atoms with Crippen LogP contribution in [0.25, 0.3) is 0 Å². The monoisotopic (exact) mass is 239 g/mol. The predicted octanol–water partition coefficient (Wildman–Crippen LogP) is 3.03. The highest BCUT2D eigenvalue weighted by atomic mass is 79.9. The molecule has 1 aromatic carbocycles. The average molecular weight is 240 g/mol. The molecule has 0 radical (unpaired) electrons. The number of benzene rings is 1. The Labute approximate surface area is 87.5 Å². The van der Waals surface area contributed by atoms with Gasteiger partial charge in [-0.1, -0.05) is 35.0 Å². The Bertz CT molecular complexity index is 322. The summed E-state index contributed by atoms with van der Waals surface area (Å²) in [5.41, 5.74) is 8.88.